The lowest BCUT2D eigenvalue weighted by molar-refractivity contribution is 0.407. The number of methoxy groups -OCH3 is 1. The van der Waals surface area contributed by atoms with E-state index in [2.05, 4.69) is 61.1 Å². The van der Waals surface area contributed by atoms with Crippen molar-refractivity contribution in [2.75, 3.05) is 13.7 Å². The summed E-state index contributed by atoms with van der Waals surface area (Å²) in [6.07, 6.45) is 2.13. The molecule has 2 rings (SSSR count). The second-order valence-corrected chi connectivity index (χ2v) is 5.16. The molecule has 0 aliphatic rings. The summed E-state index contributed by atoms with van der Waals surface area (Å²) in [7, 11) is 1.73. The molecule has 108 valence electrons. The van der Waals surface area contributed by atoms with Crippen LogP contribution in [0.15, 0.2) is 36.5 Å². The minimum atomic E-state index is 0.353. The van der Waals surface area contributed by atoms with Crippen LogP contribution in [0.2, 0.25) is 0 Å². The lowest BCUT2D eigenvalue weighted by Gasteiger charge is -2.17. The second-order valence-electron chi connectivity index (χ2n) is 5.16. The summed E-state index contributed by atoms with van der Waals surface area (Å²) in [5.41, 5.74) is 3.78. The van der Waals surface area contributed by atoms with Crippen LogP contribution in [0, 0.1) is 6.92 Å². The Morgan fingerprint density at radius 1 is 1.30 bits per heavy atom. The number of nitrogens with one attached hydrogen (secondary N) is 1. The van der Waals surface area contributed by atoms with Crippen molar-refractivity contribution in [1.29, 1.82) is 0 Å². The molecular weight excluding hydrogens is 248 g/mol. The van der Waals surface area contributed by atoms with Crippen molar-refractivity contribution >= 4 is 0 Å². The number of rotatable bonds is 6. The van der Waals surface area contributed by atoms with Crippen LogP contribution in [0.3, 0.4) is 0 Å². The number of ether oxygens (including phenoxy) is 1. The maximum absolute atomic E-state index is 5.47. The number of hydrogen-bond donors (Lipinski definition) is 1. The number of hydrogen-bond acceptors (Lipinski definition) is 2. The third-order valence-corrected chi connectivity index (χ3v) is 3.60. The summed E-state index contributed by atoms with van der Waals surface area (Å²) in [4.78, 5) is 0. The molecule has 1 N–H and O–H groups in total. The first-order valence-corrected chi connectivity index (χ1v) is 7.17. The van der Waals surface area contributed by atoms with Gasteiger partial charge in [-0.1, -0.05) is 24.6 Å². The zero-order chi connectivity index (χ0) is 14.5. The van der Waals surface area contributed by atoms with Gasteiger partial charge in [0.1, 0.15) is 5.75 Å². The monoisotopic (exact) mass is 272 g/mol. The molecule has 0 saturated heterocycles. The maximum Gasteiger partial charge on any atom is 0.123 e. The van der Waals surface area contributed by atoms with Crippen LogP contribution in [-0.4, -0.2) is 18.2 Å². The average Bonchev–Trinajstić information content (AvgIpc) is 2.87. The lowest BCUT2D eigenvalue weighted by atomic mass is 10.1. The highest BCUT2D eigenvalue weighted by atomic mass is 16.5. The highest BCUT2D eigenvalue weighted by Crippen LogP contribution is 2.23. The summed E-state index contributed by atoms with van der Waals surface area (Å²) in [5, 5.41) is 3.46. The van der Waals surface area contributed by atoms with Crippen LogP contribution >= 0.6 is 0 Å². The van der Waals surface area contributed by atoms with E-state index in [1.54, 1.807) is 7.11 Å². The van der Waals surface area contributed by atoms with Crippen LogP contribution in [0.5, 0.6) is 5.75 Å². The van der Waals surface area contributed by atoms with Gasteiger partial charge in [-0.05, 0) is 38.6 Å². The number of aromatic nitrogens is 1. The lowest BCUT2D eigenvalue weighted by Crippen LogP contribution is -2.20. The normalized spacial score (nSPS) is 12.4. The predicted molar refractivity (Wildman–Crippen MR) is 83.4 cm³/mol. The van der Waals surface area contributed by atoms with E-state index < -0.39 is 0 Å². The molecule has 0 bridgehead atoms. The molecule has 0 amide bonds. The fraction of sp³-hybridized carbons (Fsp3) is 0.412. The van der Waals surface area contributed by atoms with Gasteiger partial charge < -0.3 is 14.6 Å². The molecule has 1 atom stereocenters. The average molecular weight is 272 g/mol. The third-order valence-electron chi connectivity index (χ3n) is 3.60. The van der Waals surface area contributed by atoms with Crippen molar-refractivity contribution in [1.82, 2.24) is 9.88 Å². The van der Waals surface area contributed by atoms with Gasteiger partial charge >= 0.3 is 0 Å². The van der Waals surface area contributed by atoms with Gasteiger partial charge in [-0.15, -0.1) is 0 Å². The van der Waals surface area contributed by atoms with E-state index >= 15 is 0 Å². The van der Waals surface area contributed by atoms with Gasteiger partial charge in [0, 0.05) is 23.5 Å². The molecule has 1 aromatic heterocycles. The summed E-state index contributed by atoms with van der Waals surface area (Å²) in [6, 6.07) is 11.0. The van der Waals surface area contributed by atoms with Gasteiger partial charge in [-0.3, -0.25) is 0 Å². The van der Waals surface area contributed by atoms with Gasteiger partial charge in [0.2, 0.25) is 0 Å². The Morgan fingerprint density at radius 3 is 2.80 bits per heavy atom. The van der Waals surface area contributed by atoms with Gasteiger partial charge in [-0.25, -0.2) is 0 Å². The quantitative estimate of drug-likeness (QED) is 0.870. The number of benzene rings is 1. The van der Waals surface area contributed by atoms with Crippen LogP contribution in [0.4, 0.5) is 0 Å². The van der Waals surface area contributed by atoms with E-state index in [1.165, 1.54) is 16.8 Å². The van der Waals surface area contributed by atoms with Crippen molar-refractivity contribution in [3.63, 3.8) is 0 Å². The Balaban J connectivity index is 2.26. The maximum atomic E-state index is 5.47. The van der Waals surface area contributed by atoms with E-state index in [-0.39, 0.29) is 0 Å². The van der Waals surface area contributed by atoms with E-state index in [4.69, 9.17) is 4.74 Å². The minimum Gasteiger partial charge on any atom is -0.496 e. The van der Waals surface area contributed by atoms with E-state index in [0.29, 0.717) is 6.04 Å². The van der Waals surface area contributed by atoms with E-state index in [9.17, 15) is 0 Å². The van der Waals surface area contributed by atoms with Gasteiger partial charge in [0.15, 0.2) is 0 Å². The standard InChI is InChI=1S/C17H24N2O/c1-5-18-14(3)16-7-6-10-19(16)12-15-11-13(2)8-9-17(15)20-4/h6-11,14,18H,5,12H2,1-4H3. The first-order valence-electron chi connectivity index (χ1n) is 7.17. The molecule has 0 saturated carbocycles. The molecule has 0 radical (unpaired) electrons. The van der Waals surface area contributed by atoms with Gasteiger partial charge in [0.25, 0.3) is 0 Å². The SMILES string of the molecule is CCNC(C)c1cccn1Cc1cc(C)ccc1OC. The Labute approximate surface area is 121 Å². The van der Waals surface area contributed by atoms with Crippen molar-refractivity contribution in [2.45, 2.75) is 33.4 Å². The largest absolute Gasteiger partial charge is 0.496 e. The topological polar surface area (TPSA) is 26.2 Å². The predicted octanol–water partition coefficient (Wildman–Crippen LogP) is 3.52. The first-order chi connectivity index (χ1) is 9.65. The Bertz CT molecular complexity index is 560. The Kier molecular flexibility index (Phi) is 4.85. The highest BCUT2D eigenvalue weighted by Gasteiger charge is 2.11. The van der Waals surface area contributed by atoms with Gasteiger partial charge in [0.05, 0.1) is 13.7 Å². The molecule has 0 aliphatic heterocycles. The zero-order valence-electron chi connectivity index (χ0n) is 12.8. The molecule has 2 aromatic rings. The molecule has 3 heteroatoms. The molecule has 3 nitrogen and oxygen atoms in total. The van der Waals surface area contributed by atoms with Crippen molar-refractivity contribution in [3.05, 3.63) is 53.3 Å². The molecule has 0 aliphatic carbocycles. The van der Waals surface area contributed by atoms with E-state index in [0.717, 1.165) is 18.8 Å². The van der Waals surface area contributed by atoms with Crippen LogP contribution < -0.4 is 10.1 Å². The Morgan fingerprint density at radius 2 is 2.10 bits per heavy atom. The summed E-state index contributed by atoms with van der Waals surface area (Å²) in [5.74, 6) is 0.950. The molecule has 1 unspecified atom stereocenters. The van der Waals surface area contributed by atoms with Gasteiger partial charge in [-0.2, -0.15) is 0 Å². The molecule has 0 fully saturated rings. The molecule has 20 heavy (non-hydrogen) atoms. The van der Waals surface area contributed by atoms with Crippen molar-refractivity contribution < 1.29 is 4.74 Å². The molecule has 1 heterocycles. The molecular formula is C17H24N2O. The summed E-state index contributed by atoms with van der Waals surface area (Å²) >= 11 is 0. The van der Waals surface area contributed by atoms with E-state index in [1.807, 2.05) is 6.07 Å². The van der Waals surface area contributed by atoms with Crippen molar-refractivity contribution in [3.8, 4) is 5.75 Å². The van der Waals surface area contributed by atoms with Crippen molar-refractivity contribution in [2.24, 2.45) is 0 Å². The smallest absolute Gasteiger partial charge is 0.123 e. The molecule has 0 spiro atoms. The highest BCUT2D eigenvalue weighted by molar-refractivity contribution is 5.37. The Hall–Kier alpha value is -1.74. The fourth-order valence-corrected chi connectivity index (χ4v) is 2.59. The molecule has 1 aromatic carbocycles. The third kappa shape index (κ3) is 3.23. The minimum absolute atomic E-state index is 0.353. The summed E-state index contributed by atoms with van der Waals surface area (Å²) < 4.78 is 7.75. The van der Waals surface area contributed by atoms with Crippen LogP contribution in [0.1, 0.15) is 36.7 Å². The van der Waals surface area contributed by atoms with Crippen LogP contribution in [-0.2, 0) is 6.54 Å². The fourth-order valence-electron chi connectivity index (χ4n) is 2.59. The second kappa shape index (κ2) is 6.62. The number of nitrogens with zero attached hydrogens (tertiary/aromatic N) is 1. The zero-order valence-corrected chi connectivity index (χ0v) is 12.8. The van der Waals surface area contributed by atoms with Crippen LogP contribution in [0.25, 0.3) is 0 Å². The summed E-state index contributed by atoms with van der Waals surface area (Å²) in [6.45, 7) is 8.25. The number of aryl methyl sites for hydroxylation is 1. The first kappa shape index (κ1) is 14.7.